The molecular weight excluding hydrogens is 353 g/mol. The van der Waals surface area contributed by atoms with E-state index in [1.165, 1.54) is 4.92 Å². The van der Waals surface area contributed by atoms with E-state index in [0.717, 1.165) is 21.9 Å². The average molecular weight is 373 g/mol. The van der Waals surface area contributed by atoms with Gasteiger partial charge in [0.1, 0.15) is 0 Å². The third-order valence-electron chi connectivity index (χ3n) is 4.98. The highest BCUT2D eigenvalue weighted by Gasteiger charge is 2.28. The van der Waals surface area contributed by atoms with Crippen molar-refractivity contribution in [1.29, 1.82) is 0 Å². The second-order valence-corrected chi connectivity index (χ2v) is 6.80. The number of nitrogens with one attached hydrogen (secondary N) is 1. The molecule has 1 aromatic heterocycles. The molecule has 1 atom stereocenters. The van der Waals surface area contributed by atoms with E-state index in [4.69, 9.17) is 5.73 Å². The molecule has 8 heteroatoms. The number of hydrogen-bond acceptors (Lipinski definition) is 6. The van der Waals surface area contributed by atoms with Crippen molar-refractivity contribution in [3.8, 4) is 0 Å². The lowest BCUT2D eigenvalue weighted by molar-refractivity contribution is -0.117. The maximum atomic E-state index is 12.9. The van der Waals surface area contributed by atoms with E-state index in [-0.39, 0.29) is 12.5 Å². The van der Waals surface area contributed by atoms with Gasteiger partial charge < -0.3 is 21.0 Å². The number of hydrogen-bond donors (Lipinski definition) is 3. The van der Waals surface area contributed by atoms with E-state index < -0.39 is 13.0 Å². The first-order valence-electron chi connectivity index (χ1n) is 9.00. The summed E-state index contributed by atoms with van der Waals surface area (Å²) < 4.78 is 0. The van der Waals surface area contributed by atoms with Crippen molar-refractivity contribution >= 4 is 41.1 Å². The fourth-order valence-electron chi connectivity index (χ4n) is 3.35. The number of benzene rings is 2. The quantitative estimate of drug-likeness (QED) is 0.589. The molecule has 1 unspecified atom stereocenters. The molecule has 28 heavy (non-hydrogen) atoms. The molecule has 2 heterocycles. The molecule has 2 aromatic carbocycles. The van der Waals surface area contributed by atoms with Crippen molar-refractivity contribution in [1.82, 2.24) is 9.90 Å². The smallest absolute Gasteiger partial charge is 0.428 e. The SMILES string of the molecule is CN1N=Cc2ccc(C(CN)C(=O)Nc3ccc4cnccc4c3)cc2B1O. The summed E-state index contributed by atoms with van der Waals surface area (Å²) in [6.07, 6.45) is 5.19. The molecule has 0 saturated carbocycles. The summed E-state index contributed by atoms with van der Waals surface area (Å²) in [6, 6.07) is 13.1. The van der Waals surface area contributed by atoms with Crippen molar-refractivity contribution < 1.29 is 9.82 Å². The summed E-state index contributed by atoms with van der Waals surface area (Å²) in [4.78, 5) is 18.5. The highest BCUT2D eigenvalue weighted by molar-refractivity contribution is 6.65. The van der Waals surface area contributed by atoms with Gasteiger partial charge in [-0.3, -0.25) is 9.78 Å². The minimum Gasteiger partial charge on any atom is -0.428 e. The zero-order chi connectivity index (χ0) is 19.7. The summed E-state index contributed by atoms with van der Waals surface area (Å²) in [5.74, 6) is -0.724. The number of hydrazone groups is 1. The minimum absolute atomic E-state index is 0.155. The second kappa shape index (κ2) is 7.42. The highest BCUT2D eigenvalue weighted by atomic mass is 16.2. The number of pyridine rings is 1. The Kier molecular flexibility index (Phi) is 4.81. The Balaban J connectivity index is 1.59. The molecule has 0 radical (unpaired) electrons. The van der Waals surface area contributed by atoms with Gasteiger partial charge in [-0.2, -0.15) is 5.10 Å². The number of nitrogens with zero attached hydrogens (tertiary/aromatic N) is 3. The monoisotopic (exact) mass is 373 g/mol. The van der Waals surface area contributed by atoms with Gasteiger partial charge >= 0.3 is 7.05 Å². The molecule has 7 nitrogen and oxygen atoms in total. The van der Waals surface area contributed by atoms with Gasteiger partial charge in [0, 0.05) is 37.1 Å². The molecule has 1 aliphatic rings. The van der Waals surface area contributed by atoms with Gasteiger partial charge in [0.05, 0.1) is 12.1 Å². The van der Waals surface area contributed by atoms with Crippen LogP contribution in [0.15, 0.2) is 60.0 Å². The Morgan fingerprint density at radius 1 is 1.25 bits per heavy atom. The van der Waals surface area contributed by atoms with Gasteiger partial charge in [-0.15, -0.1) is 0 Å². The Hall–Kier alpha value is -3.23. The van der Waals surface area contributed by atoms with Crippen LogP contribution in [-0.2, 0) is 4.79 Å². The molecule has 0 saturated heterocycles. The Morgan fingerprint density at radius 2 is 2.11 bits per heavy atom. The zero-order valence-electron chi connectivity index (χ0n) is 15.4. The Labute approximate surface area is 163 Å². The van der Waals surface area contributed by atoms with E-state index in [1.807, 2.05) is 42.5 Å². The second-order valence-electron chi connectivity index (χ2n) is 6.80. The maximum Gasteiger partial charge on any atom is 0.466 e. The third kappa shape index (κ3) is 3.35. The molecule has 0 spiro atoms. The van der Waals surface area contributed by atoms with Crippen LogP contribution in [0.1, 0.15) is 17.0 Å². The number of nitrogens with two attached hydrogens (primary N) is 1. The number of fused-ring (bicyclic) bond motifs is 2. The van der Waals surface area contributed by atoms with Gasteiger partial charge in [0.15, 0.2) is 0 Å². The van der Waals surface area contributed by atoms with Crippen molar-refractivity contribution in [2.24, 2.45) is 10.8 Å². The first kappa shape index (κ1) is 18.2. The van der Waals surface area contributed by atoms with Crippen LogP contribution in [0.3, 0.4) is 0 Å². The lowest BCUT2D eigenvalue weighted by Gasteiger charge is -2.24. The summed E-state index contributed by atoms with van der Waals surface area (Å²) in [5.41, 5.74) is 8.91. The number of rotatable bonds is 4. The Morgan fingerprint density at radius 3 is 2.93 bits per heavy atom. The number of amides is 1. The molecule has 0 bridgehead atoms. The number of carbonyl (C=O) groups excluding carboxylic acids is 1. The van der Waals surface area contributed by atoms with E-state index in [1.54, 1.807) is 25.7 Å². The predicted molar refractivity (Wildman–Crippen MR) is 112 cm³/mol. The van der Waals surface area contributed by atoms with Crippen LogP contribution in [0, 0.1) is 0 Å². The molecular formula is C20H20BN5O2. The molecule has 1 amide bonds. The van der Waals surface area contributed by atoms with Gasteiger partial charge in [0.2, 0.25) is 5.91 Å². The topological polar surface area (TPSA) is 104 Å². The third-order valence-corrected chi connectivity index (χ3v) is 4.98. The first-order valence-corrected chi connectivity index (χ1v) is 9.00. The standard InChI is InChI=1S/C20H20BN5O2/c1-26-21(28)19-9-14(2-3-16(19)12-24-26)18(10-22)20(27)25-17-5-4-15-11-23-7-6-13(15)8-17/h2-9,11-12,18,28H,10,22H2,1H3,(H,25,27). The highest BCUT2D eigenvalue weighted by Crippen LogP contribution is 2.21. The van der Waals surface area contributed by atoms with Crippen LogP contribution in [0.5, 0.6) is 0 Å². The summed E-state index contributed by atoms with van der Waals surface area (Å²) in [7, 11) is 0.842. The Bertz CT molecular complexity index is 1070. The average Bonchev–Trinajstić information content (AvgIpc) is 2.71. The predicted octanol–water partition coefficient (Wildman–Crippen LogP) is 0.883. The number of aromatic nitrogens is 1. The first-order chi connectivity index (χ1) is 13.6. The van der Waals surface area contributed by atoms with Gasteiger partial charge in [-0.1, -0.05) is 24.3 Å². The van der Waals surface area contributed by atoms with Crippen LogP contribution in [0.25, 0.3) is 10.8 Å². The van der Waals surface area contributed by atoms with Crippen LogP contribution in [0.2, 0.25) is 0 Å². The van der Waals surface area contributed by atoms with Crippen LogP contribution in [-0.4, -0.2) is 47.7 Å². The van der Waals surface area contributed by atoms with Crippen LogP contribution >= 0.6 is 0 Å². The number of carbonyl (C=O) groups is 1. The normalized spacial score (nSPS) is 14.1. The van der Waals surface area contributed by atoms with Crippen molar-refractivity contribution in [2.45, 2.75) is 5.92 Å². The van der Waals surface area contributed by atoms with Crippen LogP contribution in [0.4, 0.5) is 5.69 Å². The lowest BCUT2D eigenvalue weighted by Crippen LogP contribution is -2.48. The maximum absolute atomic E-state index is 12.9. The number of anilines is 1. The molecule has 3 aromatic rings. The van der Waals surface area contributed by atoms with Gasteiger partial charge in [-0.25, -0.2) is 0 Å². The molecule has 4 rings (SSSR count). The van der Waals surface area contributed by atoms with Crippen molar-refractivity contribution in [2.75, 3.05) is 18.9 Å². The van der Waals surface area contributed by atoms with Crippen LogP contribution < -0.4 is 16.5 Å². The summed E-state index contributed by atoms with van der Waals surface area (Å²) >= 11 is 0. The fraction of sp³-hybridized carbons (Fsp3) is 0.150. The molecule has 1 aliphatic heterocycles. The zero-order valence-corrected chi connectivity index (χ0v) is 15.4. The van der Waals surface area contributed by atoms with E-state index in [9.17, 15) is 9.82 Å². The van der Waals surface area contributed by atoms with E-state index in [0.29, 0.717) is 11.2 Å². The van der Waals surface area contributed by atoms with Gasteiger partial charge in [0.25, 0.3) is 0 Å². The van der Waals surface area contributed by atoms with Crippen molar-refractivity contribution in [3.63, 3.8) is 0 Å². The van der Waals surface area contributed by atoms with Gasteiger partial charge in [-0.05, 0) is 40.2 Å². The summed E-state index contributed by atoms with van der Waals surface area (Å²) in [6.45, 7) is 0.155. The molecule has 140 valence electrons. The molecule has 4 N–H and O–H groups in total. The largest absolute Gasteiger partial charge is 0.466 e. The molecule has 0 fully saturated rings. The fourth-order valence-corrected chi connectivity index (χ4v) is 3.35. The van der Waals surface area contributed by atoms with E-state index in [2.05, 4.69) is 15.4 Å². The minimum atomic E-state index is -0.851. The summed E-state index contributed by atoms with van der Waals surface area (Å²) in [5, 5.41) is 19.4. The van der Waals surface area contributed by atoms with E-state index >= 15 is 0 Å². The molecule has 0 aliphatic carbocycles. The lowest BCUT2D eigenvalue weighted by atomic mass is 9.69. The van der Waals surface area contributed by atoms with Crippen molar-refractivity contribution in [3.05, 3.63) is 66.0 Å².